The van der Waals surface area contributed by atoms with Crippen LogP contribution in [0.3, 0.4) is 0 Å². The molecule has 2 fully saturated rings. The van der Waals surface area contributed by atoms with E-state index in [4.69, 9.17) is 4.52 Å². The highest BCUT2D eigenvalue weighted by Gasteiger charge is 2.29. The molecule has 8 heteroatoms. The topological polar surface area (TPSA) is 104 Å². The second kappa shape index (κ2) is 6.70. The molecule has 1 saturated carbocycles. The lowest BCUT2D eigenvalue weighted by Crippen LogP contribution is -2.47. The molecule has 3 heterocycles. The van der Waals surface area contributed by atoms with E-state index in [1.165, 1.54) is 6.07 Å². The van der Waals surface area contributed by atoms with Gasteiger partial charge >= 0.3 is 0 Å². The van der Waals surface area contributed by atoms with E-state index in [0.717, 1.165) is 50.2 Å². The molecule has 4 rings (SSSR count). The predicted molar refractivity (Wildman–Crippen MR) is 90.7 cm³/mol. The van der Waals surface area contributed by atoms with E-state index in [2.05, 4.69) is 25.6 Å². The number of H-pyrrole nitrogens is 1. The van der Waals surface area contributed by atoms with Crippen molar-refractivity contribution < 1.29 is 9.32 Å². The third-order valence-electron chi connectivity index (χ3n) is 4.82. The lowest BCUT2D eigenvalue weighted by molar-refractivity contribution is 0.0940. The van der Waals surface area contributed by atoms with Crippen molar-refractivity contribution in [2.75, 3.05) is 18.0 Å². The molecule has 0 aromatic carbocycles. The Morgan fingerprint density at radius 1 is 1.32 bits per heavy atom. The van der Waals surface area contributed by atoms with Crippen molar-refractivity contribution in [3.63, 3.8) is 0 Å². The van der Waals surface area contributed by atoms with Crippen LogP contribution in [0.15, 0.2) is 27.5 Å². The number of nitrogens with one attached hydrogen (secondary N) is 2. The van der Waals surface area contributed by atoms with E-state index < -0.39 is 0 Å². The highest BCUT2D eigenvalue weighted by molar-refractivity contribution is 5.92. The second-order valence-electron chi connectivity index (χ2n) is 6.72. The maximum atomic E-state index is 12.3. The SMILES string of the molecule is O=C(NCC1CCCCN1c1ccc(=O)[nH]n1)c1cc(C2CC2)on1. The van der Waals surface area contributed by atoms with Crippen molar-refractivity contribution in [2.24, 2.45) is 0 Å². The first kappa shape index (κ1) is 15.9. The van der Waals surface area contributed by atoms with Gasteiger partial charge < -0.3 is 14.7 Å². The number of hydrogen-bond acceptors (Lipinski definition) is 6. The minimum atomic E-state index is -0.219. The van der Waals surface area contributed by atoms with E-state index in [1.807, 2.05) is 0 Å². The Labute approximate surface area is 144 Å². The lowest BCUT2D eigenvalue weighted by atomic mass is 10.0. The molecular formula is C17H21N5O3. The average Bonchev–Trinajstić information content (AvgIpc) is 3.37. The molecule has 132 valence electrons. The van der Waals surface area contributed by atoms with Crippen molar-refractivity contribution in [3.8, 4) is 0 Å². The zero-order valence-corrected chi connectivity index (χ0v) is 13.9. The summed E-state index contributed by atoms with van der Waals surface area (Å²) in [5.41, 5.74) is 0.120. The number of aromatic amines is 1. The summed E-state index contributed by atoms with van der Waals surface area (Å²) in [5, 5.41) is 13.4. The van der Waals surface area contributed by atoms with Gasteiger partial charge in [-0.25, -0.2) is 5.10 Å². The second-order valence-corrected chi connectivity index (χ2v) is 6.72. The Bertz CT molecular complexity index is 790. The normalized spacial score (nSPS) is 20.5. The molecule has 1 aliphatic carbocycles. The van der Waals surface area contributed by atoms with Gasteiger partial charge in [-0.15, -0.1) is 0 Å². The summed E-state index contributed by atoms with van der Waals surface area (Å²) in [4.78, 5) is 25.7. The first-order valence-corrected chi connectivity index (χ1v) is 8.78. The monoisotopic (exact) mass is 343 g/mol. The molecule has 0 spiro atoms. The summed E-state index contributed by atoms with van der Waals surface area (Å²) in [6.45, 7) is 1.36. The first-order chi connectivity index (χ1) is 12.2. The zero-order valence-electron chi connectivity index (χ0n) is 13.9. The molecule has 2 aromatic heterocycles. The Hall–Kier alpha value is -2.64. The van der Waals surface area contributed by atoms with Gasteiger partial charge in [0.05, 0.1) is 0 Å². The highest BCUT2D eigenvalue weighted by atomic mass is 16.5. The molecule has 1 amide bonds. The Kier molecular flexibility index (Phi) is 4.25. The molecule has 2 N–H and O–H groups in total. The van der Waals surface area contributed by atoms with E-state index in [1.54, 1.807) is 12.1 Å². The minimum absolute atomic E-state index is 0.144. The van der Waals surface area contributed by atoms with Gasteiger partial charge in [0.2, 0.25) is 0 Å². The number of piperidine rings is 1. The summed E-state index contributed by atoms with van der Waals surface area (Å²) in [6, 6.07) is 5.08. The van der Waals surface area contributed by atoms with E-state index >= 15 is 0 Å². The number of hydrogen-bond donors (Lipinski definition) is 2. The van der Waals surface area contributed by atoms with Crippen LogP contribution in [0.2, 0.25) is 0 Å². The number of carbonyl (C=O) groups is 1. The van der Waals surface area contributed by atoms with Crippen LogP contribution in [-0.4, -0.2) is 40.4 Å². The summed E-state index contributed by atoms with van der Waals surface area (Å²) in [6.07, 6.45) is 5.36. The van der Waals surface area contributed by atoms with Crippen LogP contribution < -0.4 is 15.8 Å². The van der Waals surface area contributed by atoms with Crippen molar-refractivity contribution in [3.05, 3.63) is 40.0 Å². The largest absolute Gasteiger partial charge is 0.360 e. The van der Waals surface area contributed by atoms with Gasteiger partial charge in [0.15, 0.2) is 5.69 Å². The number of anilines is 1. The third-order valence-corrected chi connectivity index (χ3v) is 4.82. The van der Waals surface area contributed by atoms with Gasteiger partial charge in [-0.1, -0.05) is 5.16 Å². The standard InChI is InChI=1S/C17H21N5O3/c23-16-7-6-15(19-20-16)22-8-2-1-3-12(22)10-18-17(24)13-9-14(25-21-13)11-4-5-11/h6-7,9,11-12H,1-5,8,10H2,(H,18,24)(H,20,23). The molecule has 1 saturated heterocycles. The maximum absolute atomic E-state index is 12.3. The van der Waals surface area contributed by atoms with Crippen LogP contribution in [0, 0.1) is 0 Å². The molecule has 1 unspecified atom stereocenters. The average molecular weight is 343 g/mol. The number of rotatable bonds is 5. The molecule has 0 radical (unpaired) electrons. The van der Waals surface area contributed by atoms with Crippen LogP contribution in [0.25, 0.3) is 0 Å². The fourth-order valence-electron chi connectivity index (χ4n) is 3.27. The van der Waals surface area contributed by atoms with Crippen molar-refractivity contribution in [1.29, 1.82) is 0 Å². The fourth-order valence-corrected chi connectivity index (χ4v) is 3.27. The lowest BCUT2D eigenvalue weighted by Gasteiger charge is -2.36. The van der Waals surface area contributed by atoms with Crippen molar-refractivity contribution >= 4 is 11.7 Å². The third kappa shape index (κ3) is 3.57. The van der Waals surface area contributed by atoms with Gasteiger partial charge in [-0.3, -0.25) is 9.59 Å². The summed E-state index contributed by atoms with van der Waals surface area (Å²) in [7, 11) is 0. The quantitative estimate of drug-likeness (QED) is 0.851. The van der Waals surface area contributed by atoms with Gasteiger partial charge in [-0.2, -0.15) is 5.10 Å². The number of carbonyl (C=O) groups excluding carboxylic acids is 1. The Balaban J connectivity index is 1.39. The van der Waals surface area contributed by atoms with Crippen LogP contribution in [0.4, 0.5) is 5.82 Å². The van der Waals surface area contributed by atoms with E-state index in [-0.39, 0.29) is 17.5 Å². The van der Waals surface area contributed by atoms with Gasteiger partial charge in [-0.05, 0) is 38.2 Å². The molecule has 8 nitrogen and oxygen atoms in total. The molecule has 2 aromatic rings. The maximum Gasteiger partial charge on any atom is 0.273 e. The number of nitrogens with zero attached hydrogens (tertiary/aromatic N) is 3. The fraction of sp³-hybridized carbons (Fsp3) is 0.529. The first-order valence-electron chi connectivity index (χ1n) is 8.78. The van der Waals surface area contributed by atoms with Crippen molar-refractivity contribution in [2.45, 2.75) is 44.1 Å². The Morgan fingerprint density at radius 2 is 2.20 bits per heavy atom. The molecule has 1 aliphatic heterocycles. The minimum Gasteiger partial charge on any atom is -0.360 e. The molecule has 2 aliphatic rings. The van der Waals surface area contributed by atoms with Gasteiger partial charge in [0.25, 0.3) is 11.5 Å². The smallest absolute Gasteiger partial charge is 0.273 e. The summed E-state index contributed by atoms with van der Waals surface area (Å²) in [5.74, 6) is 1.77. The number of aromatic nitrogens is 3. The molecule has 1 atom stereocenters. The highest BCUT2D eigenvalue weighted by Crippen LogP contribution is 2.40. The van der Waals surface area contributed by atoms with Gasteiger partial charge in [0.1, 0.15) is 11.6 Å². The van der Waals surface area contributed by atoms with Crippen LogP contribution in [0.5, 0.6) is 0 Å². The summed E-state index contributed by atoms with van der Waals surface area (Å²) < 4.78 is 5.24. The van der Waals surface area contributed by atoms with Crippen molar-refractivity contribution in [1.82, 2.24) is 20.7 Å². The Morgan fingerprint density at radius 3 is 2.96 bits per heavy atom. The van der Waals surface area contributed by atoms with Crippen LogP contribution in [0.1, 0.15) is 54.3 Å². The van der Waals surface area contributed by atoms with E-state index in [0.29, 0.717) is 18.2 Å². The van der Waals surface area contributed by atoms with Gasteiger partial charge in [0, 0.05) is 37.2 Å². The molecule has 0 bridgehead atoms. The van der Waals surface area contributed by atoms with Crippen LogP contribution >= 0.6 is 0 Å². The van der Waals surface area contributed by atoms with E-state index in [9.17, 15) is 9.59 Å². The molecule has 25 heavy (non-hydrogen) atoms. The number of amides is 1. The zero-order chi connectivity index (χ0) is 17.2. The molecular weight excluding hydrogens is 322 g/mol. The summed E-state index contributed by atoms with van der Waals surface area (Å²) >= 11 is 0. The predicted octanol–water partition coefficient (Wildman–Crippen LogP) is 1.42. The van der Waals surface area contributed by atoms with Crippen LogP contribution in [-0.2, 0) is 0 Å².